The minimum atomic E-state index is -0.0917. The number of rotatable bonds is 4. The van der Waals surface area contributed by atoms with Crippen LogP contribution in [0, 0.1) is 13.8 Å². The molecule has 162 valence electrons. The maximum atomic E-state index is 12.6. The van der Waals surface area contributed by atoms with Gasteiger partial charge in [0.05, 0.1) is 31.2 Å². The number of amides is 2. The Labute approximate surface area is 186 Å². The Morgan fingerprint density at radius 2 is 1.94 bits per heavy atom. The molecule has 0 saturated carbocycles. The third-order valence-corrected chi connectivity index (χ3v) is 5.93. The molecule has 0 atom stereocenters. The lowest BCUT2D eigenvalue weighted by atomic mass is 10.1. The van der Waals surface area contributed by atoms with Crippen molar-refractivity contribution in [1.82, 2.24) is 29.7 Å². The van der Waals surface area contributed by atoms with Crippen molar-refractivity contribution < 1.29 is 4.79 Å². The van der Waals surface area contributed by atoms with Gasteiger partial charge in [0.1, 0.15) is 5.69 Å². The molecule has 2 aromatic heterocycles. The molecule has 1 aliphatic rings. The molecule has 1 N–H and O–H groups in total. The van der Waals surface area contributed by atoms with Crippen molar-refractivity contribution in [3.8, 4) is 5.69 Å². The third kappa shape index (κ3) is 3.99. The Kier molecular flexibility index (Phi) is 5.18. The summed E-state index contributed by atoms with van der Waals surface area (Å²) in [4.78, 5) is 14.4. The minimum absolute atomic E-state index is 0.0917. The summed E-state index contributed by atoms with van der Waals surface area (Å²) in [7, 11) is 0. The zero-order valence-electron chi connectivity index (χ0n) is 18.2. The Morgan fingerprint density at radius 3 is 2.75 bits per heavy atom. The monoisotopic (exact) mass is 427 g/mol. The molecular weight excluding hydrogens is 402 g/mol. The fourth-order valence-corrected chi connectivity index (χ4v) is 3.95. The topological polar surface area (TPSA) is 80.9 Å². The van der Waals surface area contributed by atoms with Gasteiger partial charge in [0.2, 0.25) is 0 Å². The molecular formula is C24H25N7O. The first-order valence-corrected chi connectivity index (χ1v) is 10.7. The second-order valence-corrected chi connectivity index (χ2v) is 8.16. The van der Waals surface area contributed by atoms with E-state index in [1.54, 1.807) is 4.68 Å². The van der Waals surface area contributed by atoms with Gasteiger partial charge in [-0.1, -0.05) is 29.5 Å². The van der Waals surface area contributed by atoms with E-state index in [0.717, 1.165) is 34.7 Å². The molecule has 0 aliphatic carbocycles. The normalized spacial score (nSPS) is 13.1. The number of aromatic nitrogens is 5. The SMILES string of the molecule is Cc1ccc(-n2cc(Cn3ncc4c3CCN(C(=O)Nc3ccccc3)C4)nn2)cc1C. The highest BCUT2D eigenvalue weighted by Crippen LogP contribution is 2.21. The Morgan fingerprint density at radius 1 is 1.09 bits per heavy atom. The quantitative estimate of drug-likeness (QED) is 0.538. The van der Waals surface area contributed by atoms with E-state index < -0.39 is 0 Å². The number of carbonyl (C=O) groups is 1. The third-order valence-electron chi connectivity index (χ3n) is 5.93. The Balaban J connectivity index is 1.27. The molecule has 32 heavy (non-hydrogen) atoms. The van der Waals surface area contributed by atoms with Gasteiger partial charge in [-0.05, 0) is 49.2 Å². The smallest absolute Gasteiger partial charge is 0.320 e. The van der Waals surface area contributed by atoms with Crippen LogP contribution in [0.4, 0.5) is 10.5 Å². The van der Waals surface area contributed by atoms with E-state index in [0.29, 0.717) is 19.6 Å². The lowest BCUT2D eigenvalue weighted by Gasteiger charge is -2.27. The Hall–Kier alpha value is -3.94. The van der Waals surface area contributed by atoms with Gasteiger partial charge in [-0.15, -0.1) is 5.10 Å². The van der Waals surface area contributed by atoms with Gasteiger partial charge in [0.25, 0.3) is 0 Å². The van der Waals surface area contributed by atoms with Crippen LogP contribution in [0.15, 0.2) is 60.9 Å². The molecule has 8 heteroatoms. The summed E-state index contributed by atoms with van der Waals surface area (Å²) < 4.78 is 3.77. The number of anilines is 1. The van der Waals surface area contributed by atoms with Crippen LogP contribution in [-0.2, 0) is 19.5 Å². The van der Waals surface area contributed by atoms with E-state index in [4.69, 9.17) is 0 Å². The zero-order chi connectivity index (χ0) is 22.1. The highest BCUT2D eigenvalue weighted by atomic mass is 16.2. The lowest BCUT2D eigenvalue weighted by Crippen LogP contribution is -2.39. The molecule has 4 aromatic rings. The number of urea groups is 1. The van der Waals surface area contributed by atoms with Gasteiger partial charge >= 0.3 is 6.03 Å². The number of carbonyl (C=O) groups excluding carboxylic acids is 1. The van der Waals surface area contributed by atoms with Crippen molar-refractivity contribution in [3.63, 3.8) is 0 Å². The molecule has 0 spiro atoms. The van der Waals surface area contributed by atoms with Gasteiger partial charge in [-0.25, -0.2) is 9.48 Å². The van der Waals surface area contributed by atoms with Crippen LogP contribution in [-0.4, -0.2) is 42.3 Å². The summed E-state index contributed by atoms with van der Waals surface area (Å²) in [5, 5.41) is 16.1. The molecule has 0 unspecified atom stereocenters. The summed E-state index contributed by atoms with van der Waals surface area (Å²) in [5.74, 6) is 0. The molecule has 0 saturated heterocycles. The minimum Gasteiger partial charge on any atom is -0.320 e. The van der Waals surface area contributed by atoms with Crippen LogP contribution in [0.1, 0.15) is 28.1 Å². The second kappa shape index (κ2) is 8.30. The molecule has 5 rings (SSSR count). The van der Waals surface area contributed by atoms with E-state index in [1.807, 2.05) is 58.4 Å². The first-order chi connectivity index (χ1) is 15.6. The van der Waals surface area contributed by atoms with Crippen molar-refractivity contribution in [3.05, 3.63) is 89.0 Å². The summed E-state index contributed by atoms with van der Waals surface area (Å²) in [5.41, 5.74) is 7.33. The number of hydrogen-bond acceptors (Lipinski definition) is 4. The van der Waals surface area contributed by atoms with Crippen molar-refractivity contribution in [2.45, 2.75) is 33.4 Å². The molecule has 0 fully saturated rings. The molecule has 0 bridgehead atoms. The lowest BCUT2D eigenvalue weighted by molar-refractivity contribution is 0.205. The van der Waals surface area contributed by atoms with Crippen LogP contribution >= 0.6 is 0 Å². The van der Waals surface area contributed by atoms with Crippen molar-refractivity contribution in [2.75, 3.05) is 11.9 Å². The van der Waals surface area contributed by atoms with Crippen LogP contribution < -0.4 is 5.32 Å². The van der Waals surface area contributed by atoms with E-state index >= 15 is 0 Å². The maximum Gasteiger partial charge on any atom is 0.322 e. The Bertz CT molecular complexity index is 1260. The number of hydrogen-bond donors (Lipinski definition) is 1. The van der Waals surface area contributed by atoms with Crippen molar-refractivity contribution >= 4 is 11.7 Å². The molecule has 2 aromatic carbocycles. The van der Waals surface area contributed by atoms with Gasteiger partial charge in [-0.3, -0.25) is 4.68 Å². The summed E-state index contributed by atoms with van der Waals surface area (Å²) in [6, 6.07) is 15.7. The van der Waals surface area contributed by atoms with E-state index in [1.165, 1.54) is 11.1 Å². The van der Waals surface area contributed by atoms with Crippen LogP contribution in [0.25, 0.3) is 5.69 Å². The fourth-order valence-electron chi connectivity index (χ4n) is 3.95. The number of para-hydroxylation sites is 1. The molecule has 3 heterocycles. The number of aryl methyl sites for hydroxylation is 2. The predicted octanol–water partition coefficient (Wildman–Crippen LogP) is 3.72. The van der Waals surface area contributed by atoms with Gasteiger partial charge < -0.3 is 10.2 Å². The highest BCUT2D eigenvalue weighted by molar-refractivity contribution is 5.89. The van der Waals surface area contributed by atoms with Crippen LogP contribution in [0.2, 0.25) is 0 Å². The zero-order valence-corrected chi connectivity index (χ0v) is 18.2. The van der Waals surface area contributed by atoms with Crippen molar-refractivity contribution in [2.24, 2.45) is 0 Å². The van der Waals surface area contributed by atoms with Gasteiger partial charge in [0.15, 0.2) is 0 Å². The number of nitrogens with zero attached hydrogens (tertiary/aromatic N) is 6. The van der Waals surface area contributed by atoms with Crippen LogP contribution in [0.5, 0.6) is 0 Å². The largest absolute Gasteiger partial charge is 0.322 e. The molecule has 8 nitrogen and oxygen atoms in total. The highest BCUT2D eigenvalue weighted by Gasteiger charge is 2.24. The second-order valence-electron chi connectivity index (χ2n) is 8.16. The average Bonchev–Trinajstić information content (AvgIpc) is 3.43. The molecule has 1 aliphatic heterocycles. The summed E-state index contributed by atoms with van der Waals surface area (Å²) in [6.07, 6.45) is 4.55. The summed E-state index contributed by atoms with van der Waals surface area (Å²) >= 11 is 0. The molecule has 2 amide bonds. The van der Waals surface area contributed by atoms with Gasteiger partial charge in [-0.2, -0.15) is 5.10 Å². The first-order valence-electron chi connectivity index (χ1n) is 10.7. The maximum absolute atomic E-state index is 12.6. The van der Waals surface area contributed by atoms with E-state index in [9.17, 15) is 4.79 Å². The van der Waals surface area contributed by atoms with Gasteiger partial charge in [0, 0.05) is 29.9 Å². The fraction of sp³-hybridized carbons (Fsp3) is 0.250. The first kappa shape index (κ1) is 20.0. The van der Waals surface area contributed by atoms with E-state index in [-0.39, 0.29) is 6.03 Å². The predicted molar refractivity (Wildman–Crippen MR) is 122 cm³/mol. The average molecular weight is 428 g/mol. The summed E-state index contributed by atoms with van der Waals surface area (Å²) in [6.45, 7) is 5.93. The van der Waals surface area contributed by atoms with Crippen molar-refractivity contribution in [1.29, 1.82) is 0 Å². The van der Waals surface area contributed by atoms with Crippen LogP contribution in [0.3, 0.4) is 0 Å². The van der Waals surface area contributed by atoms with E-state index in [2.05, 4.69) is 46.7 Å². The number of fused-ring (bicyclic) bond motifs is 1. The molecule has 0 radical (unpaired) electrons. The number of nitrogens with one attached hydrogen (secondary N) is 1. The standard InChI is InChI=1S/C24H25N7O/c1-17-8-9-22(12-18(17)2)30-15-21(27-28-30)16-31-23-10-11-29(14-19(23)13-25-31)24(32)26-20-6-4-3-5-7-20/h3-9,12-13,15H,10-11,14,16H2,1-2H3,(H,26,32). The number of benzene rings is 2.